The van der Waals surface area contributed by atoms with Gasteiger partial charge in [-0.1, -0.05) is 17.7 Å². The summed E-state index contributed by atoms with van der Waals surface area (Å²) in [4.78, 5) is 0. The standard InChI is InChI=1S/C17H27NO/c1-12-9-13(2)15(14(3)10-12)11-16(18-4)17-7-5-6-8-19-17/h9-10,16-18H,5-8,11H2,1-4H3. The minimum absolute atomic E-state index is 0.374. The third-order valence-corrected chi connectivity index (χ3v) is 4.30. The first-order valence-electron chi connectivity index (χ1n) is 7.47. The van der Waals surface area contributed by atoms with E-state index in [2.05, 4.69) is 45.3 Å². The van der Waals surface area contributed by atoms with E-state index >= 15 is 0 Å². The van der Waals surface area contributed by atoms with Crippen molar-refractivity contribution in [3.8, 4) is 0 Å². The van der Waals surface area contributed by atoms with Crippen molar-refractivity contribution in [2.24, 2.45) is 0 Å². The molecule has 106 valence electrons. The normalized spacial score (nSPS) is 21.4. The van der Waals surface area contributed by atoms with Gasteiger partial charge in [-0.25, -0.2) is 0 Å². The van der Waals surface area contributed by atoms with Crippen LogP contribution in [0.15, 0.2) is 12.1 Å². The predicted octanol–water partition coefficient (Wildman–Crippen LogP) is 3.31. The zero-order valence-corrected chi connectivity index (χ0v) is 12.8. The van der Waals surface area contributed by atoms with E-state index in [9.17, 15) is 0 Å². The molecule has 0 bridgehead atoms. The SMILES string of the molecule is CNC(Cc1c(C)cc(C)cc1C)C1CCCCO1. The first-order valence-corrected chi connectivity index (χ1v) is 7.47. The molecule has 1 heterocycles. The highest BCUT2D eigenvalue weighted by atomic mass is 16.5. The lowest BCUT2D eigenvalue weighted by Crippen LogP contribution is -2.43. The van der Waals surface area contributed by atoms with Crippen LogP contribution in [0.2, 0.25) is 0 Å². The summed E-state index contributed by atoms with van der Waals surface area (Å²) in [5.74, 6) is 0. The number of hydrogen-bond donors (Lipinski definition) is 1. The number of benzene rings is 1. The van der Waals surface area contributed by atoms with Crippen molar-refractivity contribution in [3.05, 3.63) is 34.4 Å². The fourth-order valence-electron chi connectivity index (χ4n) is 3.25. The molecule has 1 aromatic carbocycles. The van der Waals surface area contributed by atoms with E-state index in [0.717, 1.165) is 13.0 Å². The average molecular weight is 261 g/mol. The highest BCUT2D eigenvalue weighted by Crippen LogP contribution is 2.22. The molecule has 2 nitrogen and oxygen atoms in total. The Labute approximate surface area is 117 Å². The lowest BCUT2D eigenvalue weighted by atomic mass is 9.90. The van der Waals surface area contributed by atoms with Crippen molar-refractivity contribution < 1.29 is 4.74 Å². The molecule has 2 rings (SSSR count). The first-order chi connectivity index (χ1) is 9.11. The van der Waals surface area contributed by atoms with E-state index in [1.165, 1.54) is 41.5 Å². The van der Waals surface area contributed by atoms with Gasteiger partial charge >= 0.3 is 0 Å². The minimum Gasteiger partial charge on any atom is -0.377 e. The summed E-state index contributed by atoms with van der Waals surface area (Å²) >= 11 is 0. The molecule has 0 amide bonds. The third kappa shape index (κ3) is 3.58. The van der Waals surface area contributed by atoms with Crippen LogP contribution >= 0.6 is 0 Å². The van der Waals surface area contributed by atoms with E-state index in [1.54, 1.807) is 0 Å². The van der Waals surface area contributed by atoms with Gasteiger partial charge in [-0.15, -0.1) is 0 Å². The Morgan fingerprint density at radius 2 is 1.89 bits per heavy atom. The molecule has 1 aliphatic heterocycles. The van der Waals surface area contributed by atoms with Crippen LogP contribution in [0.5, 0.6) is 0 Å². The van der Waals surface area contributed by atoms with Crippen LogP contribution in [0.3, 0.4) is 0 Å². The van der Waals surface area contributed by atoms with E-state index in [-0.39, 0.29) is 0 Å². The van der Waals surface area contributed by atoms with Crippen molar-refractivity contribution in [1.82, 2.24) is 5.32 Å². The summed E-state index contributed by atoms with van der Waals surface area (Å²) in [6, 6.07) is 5.01. The summed E-state index contributed by atoms with van der Waals surface area (Å²) in [7, 11) is 2.06. The van der Waals surface area contributed by atoms with Crippen LogP contribution in [-0.4, -0.2) is 25.8 Å². The third-order valence-electron chi connectivity index (χ3n) is 4.30. The van der Waals surface area contributed by atoms with Crippen molar-refractivity contribution in [2.75, 3.05) is 13.7 Å². The molecule has 19 heavy (non-hydrogen) atoms. The lowest BCUT2D eigenvalue weighted by molar-refractivity contribution is -0.00592. The van der Waals surface area contributed by atoms with Crippen LogP contribution in [0.25, 0.3) is 0 Å². The maximum Gasteiger partial charge on any atom is 0.0731 e. The molecule has 1 N–H and O–H groups in total. The monoisotopic (exact) mass is 261 g/mol. The summed E-state index contributed by atoms with van der Waals surface area (Å²) in [6.45, 7) is 7.55. The first kappa shape index (κ1) is 14.5. The lowest BCUT2D eigenvalue weighted by Gasteiger charge is -2.31. The van der Waals surface area contributed by atoms with Crippen molar-refractivity contribution in [3.63, 3.8) is 0 Å². The van der Waals surface area contributed by atoms with Crippen molar-refractivity contribution >= 4 is 0 Å². The van der Waals surface area contributed by atoms with Gasteiger partial charge in [0.25, 0.3) is 0 Å². The van der Waals surface area contributed by atoms with Gasteiger partial charge in [0.05, 0.1) is 6.10 Å². The number of ether oxygens (including phenoxy) is 1. The molecule has 2 heteroatoms. The molecule has 0 spiro atoms. The zero-order chi connectivity index (χ0) is 13.8. The van der Waals surface area contributed by atoms with Gasteiger partial charge in [-0.3, -0.25) is 0 Å². The average Bonchev–Trinajstić information content (AvgIpc) is 2.39. The summed E-state index contributed by atoms with van der Waals surface area (Å²) in [6.07, 6.45) is 5.15. The molecular formula is C17H27NO. The number of nitrogens with one attached hydrogen (secondary N) is 1. The van der Waals surface area contributed by atoms with E-state index in [4.69, 9.17) is 4.74 Å². The second kappa shape index (κ2) is 6.53. The number of rotatable bonds is 4. The second-order valence-corrected chi connectivity index (χ2v) is 5.88. The van der Waals surface area contributed by atoms with Gasteiger partial charge in [-0.05, 0) is 70.2 Å². The molecule has 1 aliphatic rings. The molecule has 0 aromatic heterocycles. The number of hydrogen-bond acceptors (Lipinski definition) is 2. The van der Waals surface area contributed by atoms with Crippen LogP contribution < -0.4 is 5.32 Å². The Morgan fingerprint density at radius 3 is 2.42 bits per heavy atom. The van der Waals surface area contributed by atoms with Crippen molar-refractivity contribution in [1.29, 1.82) is 0 Å². The maximum atomic E-state index is 5.94. The van der Waals surface area contributed by atoms with Crippen LogP contribution in [0, 0.1) is 20.8 Å². The Bertz CT molecular complexity index is 398. The molecule has 1 saturated heterocycles. The Kier molecular flexibility index (Phi) is 5.00. The second-order valence-electron chi connectivity index (χ2n) is 5.88. The minimum atomic E-state index is 0.374. The van der Waals surface area contributed by atoms with Gasteiger partial charge in [0.15, 0.2) is 0 Å². The highest BCUT2D eigenvalue weighted by molar-refractivity contribution is 5.38. The largest absolute Gasteiger partial charge is 0.377 e. The van der Waals surface area contributed by atoms with Gasteiger partial charge in [-0.2, -0.15) is 0 Å². The van der Waals surface area contributed by atoms with Crippen LogP contribution in [0.4, 0.5) is 0 Å². The highest BCUT2D eigenvalue weighted by Gasteiger charge is 2.24. The molecule has 0 aliphatic carbocycles. The Hall–Kier alpha value is -0.860. The van der Waals surface area contributed by atoms with Gasteiger partial charge < -0.3 is 10.1 Å². The van der Waals surface area contributed by atoms with E-state index < -0.39 is 0 Å². The Balaban J connectivity index is 2.13. The molecule has 1 fully saturated rings. The predicted molar refractivity (Wildman–Crippen MR) is 80.8 cm³/mol. The van der Waals surface area contributed by atoms with Gasteiger partial charge in [0, 0.05) is 12.6 Å². The fraction of sp³-hybridized carbons (Fsp3) is 0.647. The number of aryl methyl sites for hydroxylation is 3. The summed E-state index contributed by atoms with van der Waals surface area (Å²) in [5, 5.41) is 3.46. The molecular weight excluding hydrogens is 234 g/mol. The van der Waals surface area contributed by atoms with Crippen molar-refractivity contribution in [2.45, 2.75) is 58.6 Å². The zero-order valence-electron chi connectivity index (χ0n) is 12.8. The molecule has 1 aromatic rings. The smallest absolute Gasteiger partial charge is 0.0731 e. The topological polar surface area (TPSA) is 21.3 Å². The quantitative estimate of drug-likeness (QED) is 0.898. The Morgan fingerprint density at radius 1 is 1.21 bits per heavy atom. The molecule has 2 atom stereocenters. The van der Waals surface area contributed by atoms with Crippen LogP contribution in [-0.2, 0) is 11.2 Å². The number of likely N-dealkylation sites (N-methyl/N-ethyl adjacent to an activating group) is 1. The van der Waals surface area contributed by atoms with Crippen LogP contribution in [0.1, 0.15) is 41.5 Å². The summed E-state index contributed by atoms with van der Waals surface area (Å²) < 4.78 is 5.94. The summed E-state index contributed by atoms with van der Waals surface area (Å²) in [5.41, 5.74) is 5.66. The van der Waals surface area contributed by atoms with E-state index in [1.807, 2.05) is 0 Å². The van der Waals surface area contributed by atoms with Gasteiger partial charge in [0.1, 0.15) is 0 Å². The fourth-order valence-corrected chi connectivity index (χ4v) is 3.25. The molecule has 0 saturated carbocycles. The van der Waals surface area contributed by atoms with Gasteiger partial charge in [0.2, 0.25) is 0 Å². The molecule has 2 unspecified atom stereocenters. The molecule has 0 radical (unpaired) electrons. The maximum absolute atomic E-state index is 5.94. The van der Waals surface area contributed by atoms with E-state index in [0.29, 0.717) is 12.1 Å².